The Balaban J connectivity index is -0.000000688. The average molecular weight is 693 g/mol. The molecule has 244 valence electrons. The van der Waals surface area contributed by atoms with Crippen LogP contribution in [0.4, 0.5) is 0 Å². The molecule has 0 saturated carbocycles. The summed E-state index contributed by atoms with van der Waals surface area (Å²) in [5.74, 6) is -1.33. The summed E-state index contributed by atoms with van der Waals surface area (Å²) in [6.07, 6.45) is 42.5. The Kier molecular flexibility index (Phi) is 44.9. The van der Waals surface area contributed by atoms with Gasteiger partial charge in [0.05, 0.1) is 0 Å². The zero-order valence-electron chi connectivity index (χ0n) is 27.2. The average Bonchev–Trinajstić information content (AvgIpc) is 2.93. The molecule has 0 rings (SSSR count). The highest BCUT2D eigenvalue weighted by Crippen LogP contribution is 2.11. The lowest BCUT2D eigenvalue weighted by molar-refractivity contribution is -0.138. The lowest BCUT2D eigenvalue weighted by Gasteiger charge is -1.99. The molecule has 0 saturated heterocycles. The predicted molar refractivity (Wildman–Crippen MR) is 190 cm³/mol. The Morgan fingerprint density at radius 2 is 0.610 bits per heavy atom. The maximum absolute atomic E-state index is 10.3. The van der Waals surface area contributed by atoms with Gasteiger partial charge in [-0.3, -0.25) is 9.59 Å². The Hall–Kier alpha value is -0.850. The summed E-state index contributed by atoms with van der Waals surface area (Å²) in [6, 6.07) is 0. The van der Waals surface area contributed by atoms with E-state index in [1.165, 1.54) is 141 Å². The smallest absolute Gasteiger partial charge is 0.303 e. The fourth-order valence-corrected chi connectivity index (χ4v) is 4.69. The van der Waals surface area contributed by atoms with Crippen LogP contribution in [0.2, 0.25) is 0 Å². The molecule has 0 aromatic heterocycles. The summed E-state index contributed by atoms with van der Waals surface area (Å²) < 4.78 is 0. The number of hydrogen-bond acceptors (Lipinski definition) is 2. The molecule has 2 N–H and O–H groups in total. The van der Waals surface area contributed by atoms with Crippen LogP contribution in [0.5, 0.6) is 0 Å². The molecule has 0 bridgehead atoms. The van der Waals surface area contributed by atoms with Crippen molar-refractivity contribution in [2.45, 2.75) is 194 Å². The third-order valence-electron chi connectivity index (χ3n) is 7.30. The molecule has 41 heavy (non-hydrogen) atoms. The molecule has 0 aromatic rings. The first-order valence-corrected chi connectivity index (χ1v) is 17.3. The molecule has 0 aromatic carbocycles. The van der Waals surface area contributed by atoms with Gasteiger partial charge in [-0.1, -0.05) is 141 Å². The minimum absolute atomic E-state index is 0. The van der Waals surface area contributed by atoms with Crippen molar-refractivity contribution in [3.63, 3.8) is 0 Å². The Bertz CT molecular complexity index is 524. The maximum Gasteiger partial charge on any atom is 0.303 e. The zero-order valence-corrected chi connectivity index (χ0v) is 29.6. The normalized spacial score (nSPS) is 11.0. The number of carboxylic acid groups (broad SMARTS) is 2. The minimum atomic E-state index is -0.664. The number of unbranched alkanes of at least 4 members (excludes halogenated alkanes) is 22. The lowest BCUT2D eigenvalue weighted by atomic mass is 10.1. The van der Waals surface area contributed by atoms with E-state index in [1.807, 2.05) is 0 Å². The van der Waals surface area contributed by atoms with Gasteiger partial charge in [-0.25, -0.2) is 0 Å². The van der Waals surface area contributed by atoms with Crippen molar-refractivity contribution in [2.24, 2.45) is 0 Å². The second-order valence-corrected chi connectivity index (χ2v) is 11.5. The monoisotopic (exact) mass is 692 g/mol. The van der Waals surface area contributed by atoms with Gasteiger partial charge < -0.3 is 10.2 Å². The van der Waals surface area contributed by atoms with Gasteiger partial charge in [0.25, 0.3) is 0 Å². The molecule has 0 amide bonds. The second-order valence-electron chi connectivity index (χ2n) is 11.5. The van der Waals surface area contributed by atoms with Crippen molar-refractivity contribution < 1.29 is 19.8 Å². The highest BCUT2D eigenvalue weighted by molar-refractivity contribution is 14.0. The van der Waals surface area contributed by atoms with Crippen molar-refractivity contribution >= 4 is 35.9 Å². The molecule has 0 spiro atoms. The van der Waals surface area contributed by atoms with E-state index in [0.717, 1.165) is 25.7 Å². The van der Waals surface area contributed by atoms with Crippen molar-refractivity contribution in [1.82, 2.24) is 0 Å². The molecule has 0 aliphatic carbocycles. The highest BCUT2D eigenvalue weighted by Gasteiger charge is 1.97. The van der Waals surface area contributed by atoms with Gasteiger partial charge in [-0.05, 0) is 64.2 Å². The first-order chi connectivity index (χ1) is 19.5. The van der Waals surface area contributed by atoms with Gasteiger partial charge in [-0.15, -0.1) is 24.0 Å². The third kappa shape index (κ3) is 49.2. The van der Waals surface area contributed by atoms with Crippen LogP contribution in [-0.4, -0.2) is 22.2 Å². The standard InChI is InChI=1S/2C18H34O2.HI/c2*1-2-3-4-5-6-7-8-9-10-11-12-13-14-15-16-17-18(19)20;/h2*9-10H,2-8,11-17H2,1H3,(H,19,20);1H/b2*10-9-;. The van der Waals surface area contributed by atoms with Crippen LogP contribution < -0.4 is 0 Å². The third-order valence-corrected chi connectivity index (χ3v) is 7.30. The molecule has 0 aliphatic rings. The van der Waals surface area contributed by atoms with E-state index >= 15 is 0 Å². The minimum Gasteiger partial charge on any atom is -0.481 e. The fourth-order valence-electron chi connectivity index (χ4n) is 4.69. The number of carboxylic acids is 2. The highest BCUT2D eigenvalue weighted by atomic mass is 127. The van der Waals surface area contributed by atoms with Gasteiger partial charge in [0.1, 0.15) is 0 Å². The summed E-state index contributed by atoms with van der Waals surface area (Å²) in [4.78, 5) is 20.6. The number of halogens is 1. The fraction of sp³-hybridized carbons (Fsp3) is 0.833. The molecule has 5 heteroatoms. The molecule has 0 radical (unpaired) electrons. The van der Waals surface area contributed by atoms with E-state index in [2.05, 4.69) is 38.2 Å². The van der Waals surface area contributed by atoms with Crippen LogP contribution in [0.1, 0.15) is 194 Å². The molecule has 0 aliphatic heterocycles. The van der Waals surface area contributed by atoms with Gasteiger partial charge in [0.15, 0.2) is 0 Å². The Labute approximate surface area is 272 Å². The molecular weight excluding hydrogens is 623 g/mol. The van der Waals surface area contributed by atoms with Gasteiger partial charge >= 0.3 is 11.9 Å². The summed E-state index contributed by atoms with van der Waals surface area (Å²) in [6.45, 7) is 4.52. The summed E-state index contributed by atoms with van der Waals surface area (Å²) in [5.41, 5.74) is 0. The summed E-state index contributed by atoms with van der Waals surface area (Å²) in [5, 5.41) is 17.0. The summed E-state index contributed by atoms with van der Waals surface area (Å²) in [7, 11) is 0. The van der Waals surface area contributed by atoms with Crippen molar-refractivity contribution in [3.05, 3.63) is 24.3 Å². The number of rotatable bonds is 30. The SMILES string of the molecule is CCCCCCCC/C=C\CCCCCCCC(=O)O.CCCCCCCC/C=C\CCCCCCCC(=O)O.I. The van der Waals surface area contributed by atoms with Crippen molar-refractivity contribution in [2.75, 3.05) is 0 Å². The number of carbonyl (C=O) groups is 2. The predicted octanol–water partition coefficient (Wildman–Crippen LogP) is 12.8. The van der Waals surface area contributed by atoms with Gasteiger partial charge in [-0.2, -0.15) is 0 Å². The topological polar surface area (TPSA) is 74.6 Å². The quantitative estimate of drug-likeness (QED) is 0.0446. The Morgan fingerprint density at radius 3 is 0.854 bits per heavy atom. The van der Waals surface area contributed by atoms with Crippen LogP contribution in [0.3, 0.4) is 0 Å². The van der Waals surface area contributed by atoms with Crippen molar-refractivity contribution in [3.8, 4) is 0 Å². The number of allylic oxidation sites excluding steroid dienone is 4. The summed E-state index contributed by atoms with van der Waals surface area (Å²) >= 11 is 0. The van der Waals surface area contributed by atoms with E-state index in [4.69, 9.17) is 10.2 Å². The molecule has 0 fully saturated rings. The zero-order chi connectivity index (χ0) is 29.8. The molecular formula is C36H69IO4. The molecule has 4 nitrogen and oxygen atoms in total. The molecule has 0 atom stereocenters. The maximum atomic E-state index is 10.3. The van der Waals surface area contributed by atoms with Gasteiger partial charge in [0.2, 0.25) is 0 Å². The molecule has 0 unspecified atom stereocenters. The largest absolute Gasteiger partial charge is 0.481 e. The van der Waals surface area contributed by atoms with E-state index in [-0.39, 0.29) is 24.0 Å². The lowest BCUT2D eigenvalue weighted by Crippen LogP contribution is -1.93. The van der Waals surface area contributed by atoms with E-state index < -0.39 is 11.9 Å². The van der Waals surface area contributed by atoms with E-state index in [1.54, 1.807) is 0 Å². The van der Waals surface area contributed by atoms with Crippen LogP contribution >= 0.6 is 24.0 Å². The first kappa shape index (κ1) is 44.6. The van der Waals surface area contributed by atoms with Crippen LogP contribution in [0.25, 0.3) is 0 Å². The van der Waals surface area contributed by atoms with Crippen LogP contribution in [0.15, 0.2) is 24.3 Å². The van der Waals surface area contributed by atoms with Gasteiger partial charge in [0, 0.05) is 12.8 Å². The van der Waals surface area contributed by atoms with Crippen molar-refractivity contribution in [1.29, 1.82) is 0 Å². The Morgan fingerprint density at radius 1 is 0.390 bits per heavy atom. The first-order valence-electron chi connectivity index (χ1n) is 17.3. The second kappa shape index (κ2) is 41.3. The molecule has 0 heterocycles. The van der Waals surface area contributed by atoms with Crippen LogP contribution in [0, 0.1) is 0 Å². The number of hydrogen-bond donors (Lipinski definition) is 2. The number of aliphatic carboxylic acids is 2. The van der Waals surface area contributed by atoms with E-state index in [9.17, 15) is 9.59 Å². The van der Waals surface area contributed by atoms with Crippen LogP contribution in [-0.2, 0) is 9.59 Å². The van der Waals surface area contributed by atoms with E-state index in [0.29, 0.717) is 12.8 Å².